The predicted octanol–water partition coefficient (Wildman–Crippen LogP) is 1.14. The van der Waals surface area contributed by atoms with Crippen molar-refractivity contribution in [2.24, 2.45) is 0 Å². The maximum Gasteiger partial charge on any atom is 0.216 e. The highest BCUT2D eigenvalue weighted by molar-refractivity contribution is 7.90. The van der Waals surface area contributed by atoms with Crippen LogP contribution >= 0.6 is 11.6 Å². The Hall–Kier alpha value is -0.620. The van der Waals surface area contributed by atoms with E-state index in [0.29, 0.717) is 10.6 Å². The lowest BCUT2D eigenvalue weighted by Gasteiger charge is -2.11. The summed E-state index contributed by atoms with van der Waals surface area (Å²) in [5.74, 6) is 0. The largest absolute Gasteiger partial charge is 0.395 e. The number of aliphatic hydroxyl groups excluding tert-OH is 1. The van der Waals surface area contributed by atoms with Crippen LogP contribution in [-0.2, 0) is 16.6 Å². The average molecular weight is 264 g/mol. The van der Waals surface area contributed by atoms with Gasteiger partial charge in [0.1, 0.15) is 0 Å². The molecule has 0 saturated heterocycles. The van der Waals surface area contributed by atoms with Gasteiger partial charge in [-0.2, -0.15) is 0 Å². The Morgan fingerprint density at radius 3 is 2.62 bits per heavy atom. The van der Waals surface area contributed by atoms with E-state index in [4.69, 9.17) is 16.7 Å². The molecule has 0 aliphatic heterocycles. The molecule has 0 spiro atoms. The number of nitrogens with one attached hydrogen (secondary N) is 1. The fourth-order valence-corrected chi connectivity index (χ4v) is 2.10. The normalized spacial score (nSPS) is 13.7. The Kier molecular flexibility index (Phi) is 4.73. The van der Waals surface area contributed by atoms with E-state index in [1.165, 1.54) is 6.92 Å². The summed E-state index contributed by atoms with van der Waals surface area (Å²) in [4.78, 5) is 0. The molecule has 90 valence electrons. The average Bonchev–Trinajstić information content (AvgIpc) is 2.27. The number of sulfonamides is 1. The summed E-state index contributed by atoms with van der Waals surface area (Å²) in [5.41, 5.74) is 0.706. The topological polar surface area (TPSA) is 66.4 Å². The van der Waals surface area contributed by atoms with Gasteiger partial charge in [0.15, 0.2) is 0 Å². The van der Waals surface area contributed by atoms with E-state index in [2.05, 4.69) is 4.72 Å². The molecule has 0 radical (unpaired) electrons. The van der Waals surface area contributed by atoms with Gasteiger partial charge in [-0.25, -0.2) is 13.1 Å². The summed E-state index contributed by atoms with van der Waals surface area (Å²) in [6.07, 6.45) is 0. The monoisotopic (exact) mass is 263 g/mol. The zero-order valence-electron chi connectivity index (χ0n) is 8.85. The van der Waals surface area contributed by atoms with Gasteiger partial charge >= 0.3 is 0 Å². The first-order chi connectivity index (χ1) is 7.47. The molecule has 0 fully saturated rings. The third-order valence-corrected chi connectivity index (χ3v) is 4.33. The molecule has 1 aromatic rings. The minimum Gasteiger partial charge on any atom is -0.395 e. The smallest absolute Gasteiger partial charge is 0.216 e. The Morgan fingerprint density at radius 1 is 1.44 bits per heavy atom. The van der Waals surface area contributed by atoms with E-state index in [9.17, 15) is 8.42 Å². The van der Waals surface area contributed by atoms with Crippen molar-refractivity contribution in [3.05, 3.63) is 34.9 Å². The van der Waals surface area contributed by atoms with E-state index >= 15 is 0 Å². The van der Waals surface area contributed by atoms with Gasteiger partial charge in [-0.05, 0) is 18.6 Å². The molecule has 0 amide bonds. The van der Waals surface area contributed by atoms with Gasteiger partial charge in [-0.15, -0.1) is 0 Å². The Balaban J connectivity index is 2.69. The Labute approximate surface area is 100 Å². The molecule has 0 heterocycles. The number of halogens is 1. The van der Waals surface area contributed by atoms with Gasteiger partial charge in [-0.1, -0.05) is 29.8 Å². The summed E-state index contributed by atoms with van der Waals surface area (Å²) < 4.78 is 25.5. The van der Waals surface area contributed by atoms with E-state index in [1.807, 2.05) is 0 Å². The third-order valence-electron chi connectivity index (χ3n) is 2.21. The van der Waals surface area contributed by atoms with Crippen molar-refractivity contribution in [1.29, 1.82) is 0 Å². The van der Waals surface area contributed by atoms with Gasteiger partial charge in [0.25, 0.3) is 0 Å². The van der Waals surface area contributed by atoms with Gasteiger partial charge in [-0.3, -0.25) is 0 Å². The molecule has 16 heavy (non-hydrogen) atoms. The van der Waals surface area contributed by atoms with Crippen LogP contribution in [0.1, 0.15) is 12.5 Å². The van der Waals surface area contributed by atoms with Crippen LogP contribution in [0.25, 0.3) is 0 Å². The van der Waals surface area contributed by atoms with Crippen LogP contribution in [0.15, 0.2) is 24.3 Å². The van der Waals surface area contributed by atoms with E-state index in [-0.39, 0.29) is 6.54 Å². The lowest BCUT2D eigenvalue weighted by atomic mass is 10.2. The van der Waals surface area contributed by atoms with Crippen molar-refractivity contribution in [3.8, 4) is 0 Å². The van der Waals surface area contributed by atoms with Gasteiger partial charge in [0.05, 0.1) is 11.9 Å². The minimum absolute atomic E-state index is 0.131. The van der Waals surface area contributed by atoms with E-state index in [0.717, 1.165) is 0 Å². The second kappa shape index (κ2) is 5.63. The van der Waals surface area contributed by atoms with Crippen molar-refractivity contribution in [2.75, 3.05) is 6.61 Å². The zero-order chi connectivity index (χ0) is 12.2. The summed E-state index contributed by atoms with van der Waals surface area (Å²) in [6, 6.07) is 7.00. The quantitative estimate of drug-likeness (QED) is 0.837. The van der Waals surface area contributed by atoms with Crippen molar-refractivity contribution in [2.45, 2.75) is 18.7 Å². The first-order valence-electron chi connectivity index (χ1n) is 4.80. The maximum atomic E-state index is 11.5. The maximum absolute atomic E-state index is 11.5. The number of rotatable bonds is 5. The van der Waals surface area contributed by atoms with E-state index < -0.39 is 21.9 Å². The molecule has 1 rings (SSSR count). The molecule has 0 aromatic heterocycles. The zero-order valence-corrected chi connectivity index (χ0v) is 10.4. The molecule has 6 heteroatoms. The van der Waals surface area contributed by atoms with Crippen LogP contribution in [0.3, 0.4) is 0 Å². The van der Waals surface area contributed by atoms with Crippen molar-refractivity contribution >= 4 is 21.6 Å². The van der Waals surface area contributed by atoms with Gasteiger partial charge in [0.2, 0.25) is 10.0 Å². The summed E-state index contributed by atoms with van der Waals surface area (Å²) in [7, 11) is -3.48. The summed E-state index contributed by atoms with van der Waals surface area (Å²) in [5, 5.41) is 8.47. The first-order valence-corrected chi connectivity index (χ1v) is 6.72. The molecular weight excluding hydrogens is 250 g/mol. The summed E-state index contributed by atoms with van der Waals surface area (Å²) >= 11 is 5.88. The molecule has 1 aromatic carbocycles. The van der Waals surface area contributed by atoms with Crippen LogP contribution in [0.2, 0.25) is 5.02 Å². The molecule has 1 atom stereocenters. The number of aliphatic hydroxyl groups is 1. The molecular formula is C10H14ClNO3S. The molecule has 1 unspecified atom stereocenters. The molecule has 2 N–H and O–H groups in total. The number of benzene rings is 1. The number of hydrogen-bond donors (Lipinski definition) is 2. The van der Waals surface area contributed by atoms with Gasteiger partial charge < -0.3 is 5.11 Å². The van der Waals surface area contributed by atoms with Crippen molar-refractivity contribution < 1.29 is 13.5 Å². The minimum atomic E-state index is -3.48. The molecule has 0 saturated carbocycles. The standard InChI is InChI=1S/C10H14ClNO3S/c1-8(7-13)16(14,15)12-6-9-4-2-3-5-10(9)11/h2-5,8,12-13H,6-7H2,1H3. The van der Waals surface area contributed by atoms with Crippen LogP contribution in [-0.4, -0.2) is 25.4 Å². The lowest BCUT2D eigenvalue weighted by Crippen LogP contribution is -2.34. The van der Waals surface area contributed by atoms with Crippen molar-refractivity contribution in [3.63, 3.8) is 0 Å². The fraction of sp³-hybridized carbons (Fsp3) is 0.400. The van der Waals surface area contributed by atoms with Gasteiger partial charge in [0, 0.05) is 11.6 Å². The number of hydrogen-bond acceptors (Lipinski definition) is 3. The Bertz CT molecular complexity index is 447. The summed E-state index contributed by atoms with van der Waals surface area (Å²) in [6.45, 7) is 1.17. The fourth-order valence-electron chi connectivity index (χ4n) is 1.06. The highest BCUT2D eigenvalue weighted by Crippen LogP contribution is 2.14. The second-order valence-electron chi connectivity index (χ2n) is 3.45. The van der Waals surface area contributed by atoms with Crippen molar-refractivity contribution in [1.82, 2.24) is 4.72 Å². The van der Waals surface area contributed by atoms with E-state index in [1.54, 1.807) is 24.3 Å². The van der Waals surface area contributed by atoms with Crippen LogP contribution in [0.4, 0.5) is 0 Å². The molecule has 0 aliphatic rings. The van der Waals surface area contributed by atoms with Crippen LogP contribution < -0.4 is 4.72 Å². The molecule has 0 aliphatic carbocycles. The second-order valence-corrected chi connectivity index (χ2v) is 6.04. The Morgan fingerprint density at radius 2 is 2.06 bits per heavy atom. The first kappa shape index (κ1) is 13.4. The van der Waals surface area contributed by atoms with Crippen LogP contribution in [0.5, 0.6) is 0 Å². The SMILES string of the molecule is CC(CO)S(=O)(=O)NCc1ccccc1Cl. The predicted molar refractivity (Wildman–Crippen MR) is 63.8 cm³/mol. The molecule has 0 bridgehead atoms. The highest BCUT2D eigenvalue weighted by atomic mass is 35.5. The molecule has 4 nitrogen and oxygen atoms in total. The highest BCUT2D eigenvalue weighted by Gasteiger charge is 2.19. The van der Waals surface area contributed by atoms with Crippen LogP contribution in [0, 0.1) is 0 Å². The third kappa shape index (κ3) is 3.45. The lowest BCUT2D eigenvalue weighted by molar-refractivity contribution is 0.294.